The maximum absolute atomic E-state index is 11.5. The molecule has 0 aliphatic rings. The van der Waals surface area contributed by atoms with Gasteiger partial charge in [0.25, 0.3) is 0 Å². The van der Waals surface area contributed by atoms with Gasteiger partial charge >= 0.3 is 7.75 Å². The highest BCUT2D eigenvalue weighted by atomic mass is 31.2. The molecule has 7 nitrogen and oxygen atoms in total. The summed E-state index contributed by atoms with van der Waals surface area (Å²) >= 11 is 0. The van der Waals surface area contributed by atoms with Crippen LogP contribution in [0.5, 0.6) is 0 Å². The van der Waals surface area contributed by atoms with E-state index in [0.29, 0.717) is 0 Å². The maximum Gasteiger partial charge on any atom is 0.489 e. The number of rotatable bonds is 7. The van der Waals surface area contributed by atoms with E-state index in [9.17, 15) is 9.36 Å². The van der Waals surface area contributed by atoms with E-state index in [1.807, 2.05) is 5.09 Å². The molecule has 0 saturated carbocycles. The Morgan fingerprint density at radius 3 is 1.93 bits per heavy atom. The highest BCUT2D eigenvalue weighted by molar-refractivity contribution is 7.52. The van der Waals surface area contributed by atoms with Crippen LogP contribution in [0, 0.1) is 0 Å². The molecule has 0 aliphatic carbocycles. The largest absolute Gasteiger partial charge is 0.489 e. The Morgan fingerprint density at radius 1 is 1.21 bits per heavy atom. The van der Waals surface area contributed by atoms with Gasteiger partial charge in [-0.3, -0.25) is 9.88 Å². The zero-order valence-electron chi connectivity index (χ0n) is 8.31. The smallest absolute Gasteiger partial charge is 0.275 e. The van der Waals surface area contributed by atoms with Gasteiger partial charge in [-0.05, 0) is 13.8 Å². The Labute approximate surface area is 82.1 Å². The van der Waals surface area contributed by atoms with Crippen LogP contribution in [0.15, 0.2) is 0 Å². The Hall–Kier alpha value is -0.460. The van der Waals surface area contributed by atoms with Crippen LogP contribution in [0.1, 0.15) is 20.8 Å². The molecule has 0 aromatic carbocycles. The van der Waals surface area contributed by atoms with Gasteiger partial charge in [0, 0.05) is 6.92 Å². The Kier molecular flexibility index (Phi) is 6.69. The van der Waals surface area contributed by atoms with Gasteiger partial charge in [-0.2, -0.15) is 0 Å². The first-order valence-electron chi connectivity index (χ1n) is 4.05. The van der Waals surface area contributed by atoms with Gasteiger partial charge < -0.3 is 0 Å². The molecular formula is C6H14NO6P. The van der Waals surface area contributed by atoms with Gasteiger partial charge in [0.1, 0.15) is 0 Å². The Morgan fingerprint density at radius 2 is 1.64 bits per heavy atom. The standard InChI is InChI=1S/C6H14NO6P/c1-4-10-12-14(9,7-6(3)8)13-11-5-2/h4-5H2,1-3H3,(H,7,8,9). The van der Waals surface area contributed by atoms with Crippen LogP contribution >= 0.6 is 7.75 Å². The average Bonchev–Trinajstić information content (AvgIpc) is 2.11. The molecule has 0 radical (unpaired) electrons. The van der Waals surface area contributed by atoms with Crippen molar-refractivity contribution >= 4 is 13.7 Å². The summed E-state index contributed by atoms with van der Waals surface area (Å²) in [4.78, 5) is 19.5. The summed E-state index contributed by atoms with van der Waals surface area (Å²) in [5.74, 6) is -0.576. The monoisotopic (exact) mass is 227 g/mol. The van der Waals surface area contributed by atoms with Crippen molar-refractivity contribution in [2.24, 2.45) is 0 Å². The van der Waals surface area contributed by atoms with E-state index in [0.717, 1.165) is 6.92 Å². The SMILES string of the molecule is CCOOP(=O)(NC(C)=O)OOCC. The van der Waals surface area contributed by atoms with Crippen LogP contribution in [0.2, 0.25) is 0 Å². The van der Waals surface area contributed by atoms with Crippen LogP contribution in [0.25, 0.3) is 0 Å². The average molecular weight is 227 g/mol. The molecule has 84 valence electrons. The number of nitrogens with one attached hydrogen (secondary N) is 1. The Balaban J connectivity index is 4.18. The fraction of sp³-hybridized carbons (Fsp3) is 0.833. The summed E-state index contributed by atoms with van der Waals surface area (Å²) in [5.41, 5.74) is 0. The predicted octanol–water partition coefficient (Wildman–Crippen LogP) is 1.17. The van der Waals surface area contributed by atoms with Gasteiger partial charge in [0.05, 0.1) is 13.2 Å². The first-order valence-corrected chi connectivity index (χ1v) is 5.59. The highest BCUT2D eigenvalue weighted by Crippen LogP contribution is 2.43. The van der Waals surface area contributed by atoms with E-state index in [1.165, 1.54) is 0 Å². The third-order valence-corrected chi connectivity index (χ3v) is 2.02. The maximum atomic E-state index is 11.5. The van der Waals surface area contributed by atoms with E-state index < -0.39 is 13.7 Å². The zero-order valence-corrected chi connectivity index (χ0v) is 9.21. The first-order chi connectivity index (χ1) is 6.54. The molecule has 14 heavy (non-hydrogen) atoms. The lowest BCUT2D eigenvalue weighted by atomic mass is 10.8. The van der Waals surface area contributed by atoms with E-state index in [-0.39, 0.29) is 13.2 Å². The summed E-state index contributed by atoms with van der Waals surface area (Å²) in [6.45, 7) is 4.74. The van der Waals surface area contributed by atoms with Crippen molar-refractivity contribution in [3.63, 3.8) is 0 Å². The van der Waals surface area contributed by atoms with Crippen LogP contribution in [0.3, 0.4) is 0 Å². The van der Waals surface area contributed by atoms with Crippen molar-refractivity contribution in [1.82, 2.24) is 5.09 Å². The molecule has 0 aliphatic heterocycles. The van der Waals surface area contributed by atoms with E-state index >= 15 is 0 Å². The molecule has 0 aromatic heterocycles. The van der Waals surface area contributed by atoms with Gasteiger partial charge in [-0.1, -0.05) is 0 Å². The predicted molar refractivity (Wildman–Crippen MR) is 46.8 cm³/mol. The molecule has 0 atom stereocenters. The van der Waals surface area contributed by atoms with Crippen molar-refractivity contribution in [3.05, 3.63) is 0 Å². The van der Waals surface area contributed by atoms with Gasteiger partial charge in [-0.15, -0.1) is 9.35 Å². The lowest BCUT2D eigenvalue weighted by Crippen LogP contribution is -2.20. The molecule has 0 rings (SSSR count). The molecule has 0 fully saturated rings. The quantitative estimate of drug-likeness (QED) is 0.399. The summed E-state index contributed by atoms with van der Waals surface area (Å²) in [6, 6.07) is 0. The third kappa shape index (κ3) is 6.06. The molecule has 0 unspecified atom stereocenters. The van der Waals surface area contributed by atoms with Crippen molar-refractivity contribution in [1.29, 1.82) is 0 Å². The van der Waals surface area contributed by atoms with Crippen molar-refractivity contribution in [3.8, 4) is 0 Å². The fourth-order valence-electron chi connectivity index (χ4n) is 0.487. The fourth-order valence-corrected chi connectivity index (χ4v) is 1.46. The van der Waals surface area contributed by atoms with Gasteiger partial charge in [0.15, 0.2) is 0 Å². The number of amides is 1. The highest BCUT2D eigenvalue weighted by Gasteiger charge is 2.29. The van der Waals surface area contributed by atoms with Crippen molar-refractivity contribution < 1.29 is 28.5 Å². The second-order valence-corrected chi connectivity index (χ2v) is 3.64. The van der Waals surface area contributed by atoms with Crippen molar-refractivity contribution in [2.75, 3.05) is 13.2 Å². The number of carbonyl (C=O) groups excluding carboxylic acids is 1. The lowest BCUT2D eigenvalue weighted by Gasteiger charge is -2.14. The Bertz CT molecular complexity index is 208. The molecule has 0 spiro atoms. The van der Waals surface area contributed by atoms with Crippen LogP contribution in [-0.4, -0.2) is 19.1 Å². The second kappa shape index (κ2) is 6.92. The van der Waals surface area contributed by atoms with Crippen LogP contribution in [-0.2, 0) is 28.5 Å². The van der Waals surface area contributed by atoms with Crippen molar-refractivity contribution in [2.45, 2.75) is 20.8 Å². The number of hydrogen-bond donors (Lipinski definition) is 1. The van der Waals surface area contributed by atoms with Crippen LogP contribution < -0.4 is 5.09 Å². The second-order valence-electron chi connectivity index (χ2n) is 2.13. The lowest BCUT2D eigenvalue weighted by molar-refractivity contribution is -0.265. The number of hydrogen-bond acceptors (Lipinski definition) is 6. The summed E-state index contributed by atoms with van der Waals surface area (Å²) in [5, 5.41) is 1.95. The topological polar surface area (TPSA) is 83.1 Å². The minimum atomic E-state index is -3.85. The zero-order chi connectivity index (χ0) is 11.0. The van der Waals surface area contributed by atoms with E-state index in [2.05, 4.69) is 19.1 Å². The third-order valence-electron chi connectivity index (χ3n) is 0.832. The molecule has 1 amide bonds. The summed E-state index contributed by atoms with van der Waals surface area (Å²) in [7, 11) is -3.85. The van der Waals surface area contributed by atoms with Gasteiger partial charge in [0.2, 0.25) is 5.91 Å². The number of carbonyl (C=O) groups is 1. The molecule has 0 aromatic rings. The van der Waals surface area contributed by atoms with Crippen LogP contribution in [0.4, 0.5) is 0 Å². The molecule has 8 heteroatoms. The minimum Gasteiger partial charge on any atom is -0.275 e. The summed E-state index contributed by atoms with van der Waals surface area (Å²) in [6.07, 6.45) is 0. The first kappa shape index (κ1) is 13.5. The molecule has 1 N–H and O–H groups in total. The molecular weight excluding hydrogens is 213 g/mol. The van der Waals surface area contributed by atoms with Gasteiger partial charge in [-0.25, -0.2) is 14.3 Å². The molecule has 0 bridgehead atoms. The van der Waals surface area contributed by atoms with E-state index in [1.54, 1.807) is 13.8 Å². The summed E-state index contributed by atoms with van der Waals surface area (Å²) < 4.78 is 20.3. The van der Waals surface area contributed by atoms with E-state index in [4.69, 9.17) is 0 Å². The minimum absolute atomic E-state index is 0.166. The molecule has 0 heterocycles. The molecule has 0 saturated heterocycles. The normalized spacial score (nSPS) is 11.4.